The van der Waals surface area contributed by atoms with Crippen molar-refractivity contribution in [2.24, 2.45) is 5.41 Å². The molecule has 0 amide bonds. The van der Waals surface area contributed by atoms with Crippen LogP contribution in [0.4, 0.5) is 0 Å². The third-order valence-electron chi connectivity index (χ3n) is 2.62. The molecule has 0 aromatic carbocycles. The molecule has 1 nitrogen and oxygen atoms in total. The Balaban J connectivity index is 4.58. The third kappa shape index (κ3) is 2.53. The van der Waals surface area contributed by atoms with Crippen LogP contribution in [-0.2, 0) is 0 Å². The van der Waals surface area contributed by atoms with Crippen LogP contribution in [0.15, 0.2) is 0 Å². The maximum atomic E-state index is 3.44. The molecule has 0 aliphatic carbocycles. The van der Waals surface area contributed by atoms with Crippen molar-refractivity contribution in [1.82, 2.24) is 5.32 Å². The highest BCUT2D eigenvalue weighted by Crippen LogP contribution is 2.29. The summed E-state index contributed by atoms with van der Waals surface area (Å²) in [6.07, 6.45) is 0. The fourth-order valence-corrected chi connectivity index (χ4v) is 1.13. The van der Waals surface area contributed by atoms with E-state index in [1.807, 2.05) is 6.92 Å². The molecule has 0 aliphatic heterocycles. The normalized spacial score (nSPS) is 12.2. The van der Waals surface area contributed by atoms with Crippen molar-refractivity contribution >= 4 is 0 Å². The zero-order valence-corrected chi connectivity index (χ0v) is 9.21. The lowest BCUT2D eigenvalue weighted by Gasteiger charge is -2.38. The van der Waals surface area contributed by atoms with Gasteiger partial charge in [0, 0.05) is 11.0 Å². The molecular weight excluding hydrogens is 146 g/mol. The SMILES string of the molecule is CC#CC(C)(C)C(C)(C)NCC. The van der Waals surface area contributed by atoms with Gasteiger partial charge in [0.15, 0.2) is 0 Å². The average molecular weight is 167 g/mol. The Morgan fingerprint density at radius 1 is 1.17 bits per heavy atom. The Morgan fingerprint density at radius 3 is 2.00 bits per heavy atom. The standard InChI is InChI=1S/C11H21N/c1-7-9-10(3,4)11(5,6)12-8-2/h12H,8H2,1-6H3. The van der Waals surface area contributed by atoms with E-state index < -0.39 is 0 Å². The van der Waals surface area contributed by atoms with Crippen molar-refractivity contribution in [3.05, 3.63) is 0 Å². The Hall–Kier alpha value is -0.480. The zero-order chi connectivity index (χ0) is 9.83. The fourth-order valence-electron chi connectivity index (χ4n) is 1.13. The first kappa shape index (κ1) is 11.5. The molecule has 70 valence electrons. The second-order valence-electron chi connectivity index (χ2n) is 4.16. The number of hydrogen-bond donors (Lipinski definition) is 1. The highest BCUT2D eigenvalue weighted by molar-refractivity contribution is 5.15. The minimum atomic E-state index is 0.0256. The second kappa shape index (κ2) is 3.96. The molecule has 0 heterocycles. The Labute approximate surface area is 76.9 Å². The Morgan fingerprint density at radius 2 is 1.67 bits per heavy atom. The fraction of sp³-hybridized carbons (Fsp3) is 0.818. The van der Waals surface area contributed by atoms with Gasteiger partial charge in [-0.1, -0.05) is 12.8 Å². The van der Waals surface area contributed by atoms with E-state index in [0.717, 1.165) is 6.54 Å². The molecule has 0 aromatic heterocycles. The summed E-state index contributed by atoms with van der Waals surface area (Å²) in [7, 11) is 0. The Bertz CT molecular complexity index is 191. The number of nitrogens with one attached hydrogen (secondary N) is 1. The van der Waals surface area contributed by atoms with Gasteiger partial charge in [0.25, 0.3) is 0 Å². The van der Waals surface area contributed by atoms with E-state index in [2.05, 4.69) is 51.8 Å². The first-order valence-corrected chi connectivity index (χ1v) is 4.56. The summed E-state index contributed by atoms with van der Waals surface area (Å²) in [4.78, 5) is 0. The van der Waals surface area contributed by atoms with Gasteiger partial charge < -0.3 is 5.32 Å². The predicted octanol–water partition coefficient (Wildman–Crippen LogP) is 2.42. The van der Waals surface area contributed by atoms with Crippen molar-refractivity contribution in [2.75, 3.05) is 6.54 Å². The summed E-state index contributed by atoms with van der Waals surface area (Å²) in [6.45, 7) is 13.7. The molecule has 12 heavy (non-hydrogen) atoms. The average Bonchev–Trinajstić information content (AvgIpc) is 1.86. The summed E-state index contributed by atoms with van der Waals surface area (Å²) in [5.74, 6) is 6.22. The highest BCUT2D eigenvalue weighted by atomic mass is 15.0. The number of rotatable bonds is 3. The molecular formula is C11H21N. The smallest absolute Gasteiger partial charge is 0.0434 e. The molecule has 0 atom stereocenters. The van der Waals surface area contributed by atoms with Crippen molar-refractivity contribution in [3.63, 3.8) is 0 Å². The van der Waals surface area contributed by atoms with E-state index in [9.17, 15) is 0 Å². The summed E-state index contributed by atoms with van der Waals surface area (Å²) < 4.78 is 0. The zero-order valence-electron chi connectivity index (χ0n) is 9.21. The summed E-state index contributed by atoms with van der Waals surface area (Å²) in [6, 6.07) is 0. The van der Waals surface area contributed by atoms with E-state index in [0.29, 0.717) is 0 Å². The molecule has 0 rings (SSSR count). The minimum Gasteiger partial charge on any atom is -0.311 e. The van der Waals surface area contributed by atoms with Crippen LogP contribution < -0.4 is 5.32 Å². The molecule has 0 radical (unpaired) electrons. The van der Waals surface area contributed by atoms with Gasteiger partial charge in [-0.05, 0) is 41.2 Å². The van der Waals surface area contributed by atoms with Gasteiger partial charge in [0.2, 0.25) is 0 Å². The van der Waals surface area contributed by atoms with Gasteiger partial charge >= 0.3 is 0 Å². The molecule has 0 aliphatic rings. The lowest BCUT2D eigenvalue weighted by atomic mass is 9.75. The van der Waals surface area contributed by atoms with Crippen LogP contribution in [0.25, 0.3) is 0 Å². The first-order chi connectivity index (χ1) is 5.37. The van der Waals surface area contributed by atoms with Crippen molar-refractivity contribution in [2.45, 2.75) is 47.1 Å². The molecule has 0 unspecified atom stereocenters. The molecule has 0 aromatic rings. The molecule has 0 saturated heterocycles. The van der Waals surface area contributed by atoms with Gasteiger partial charge in [0.05, 0.1) is 0 Å². The highest BCUT2D eigenvalue weighted by Gasteiger charge is 2.34. The maximum absolute atomic E-state index is 3.44. The molecule has 1 N–H and O–H groups in total. The van der Waals surface area contributed by atoms with Crippen LogP contribution in [0.1, 0.15) is 41.5 Å². The quantitative estimate of drug-likeness (QED) is 0.637. The lowest BCUT2D eigenvalue weighted by molar-refractivity contribution is 0.225. The van der Waals surface area contributed by atoms with Gasteiger partial charge in [0.1, 0.15) is 0 Å². The minimum absolute atomic E-state index is 0.0256. The van der Waals surface area contributed by atoms with Gasteiger partial charge in [-0.2, -0.15) is 0 Å². The van der Waals surface area contributed by atoms with Crippen molar-refractivity contribution in [3.8, 4) is 11.8 Å². The summed E-state index contributed by atoms with van der Waals surface area (Å²) in [5, 5.41) is 3.44. The largest absolute Gasteiger partial charge is 0.311 e. The monoisotopic (exact) mass is 167 g/mol. The van der Waals surface area contributed by atoms with Gasteiger partial charge in [-0.15, -0.1) is 5.92 Å². The first-order valence-electron chi connectivity index (χ1n) is 4.56. The van der Waals surface area contributed by atoms with Crippen molar-refractivity contribution in [1.29, 1.82) is 0 Å². The van der Waals surface area contributed by atoms with Crippen LogP contribution in [0, 0.1) is 17.3 Å². The number of hydrogen-bond acceptors (Lipinski definition) is 1. The molecule has 0 saturated carbocycles. The van der Waals surface area contributed by atoms with E-state index in [1.165, 1.54) is 0 Å². The lowest BCUT2D eigenvalue weighted by Crippen LogP contribution is -2.50. The molecule has 0 bridgehead atoms. The van der Waals surface area contributed by atoms with Crippen LogP contribution in [0.3, 0.4) is 0 Å². The Kier molecular flexibility index (Phi) is 3.80. The third-order valence-corrected chi connectivity index (χ3v) is 2.62. The topological polar surface area (TPSA) is 12.0 Å². The van der Waals surface area contributed by atoms with E-state index in [4.69, 9.17) is 0 Å². The van der Waals surface area contributed by atoms with Crippen LogP contribution >= 0.6 is 0 Å². The van der Waals surface area contributed by atoms with Gasteiger partial charge in [-0.25, -0.2) is 0 Å². The van der Waals surface area contributed by atoms with Crippen LogP contribution in [-0.4, -0.2) is 12.1 Å². The van der Waals surface area contributed by atoms with Crippen molar-refractivity contribution < 1.29 is 0 Å². The molecule has 1 heteroatoms. The van der Waals surface area contributed by atoms with Crippen LogP contribution in [0.2, 0.25) is 0 Å². The summed E-state index contributed by atoms with van der Waals surface area (Å²) in [5.41, 5.74) is 0.0997. The van der Waals surface area contributed by atoms with E-state index >= 15 is 0 Å². The second-order valence-corrected chi connectivity index (χ2v) is 4.16. The molecule has 0 fully saturated rings. The molecule has 0 spiro atoms. The van der Waals surface area contributed by atoms with Gasteiger partial charge in [-0.3, -0.25) is 0 Å². The maximum Gasteiger partial charge on any atom is 0.0434 e. The van der Waals surface area contributed by atoms with Crippen LogP contribution in [0.5, 0.6) is 0 Å². The van der Waals surface area contributed by atoms with E-state index in [1.54, 1.807) is 0 Å². The van der Waals surface area contributed by atoms with E-state index in [-0.39, 0.29) is 11.0 Å². The predicted molar refractivity (Wildman–Crippen MR) is 55.0 cm³/mol. The summed E-state index contributed by atoms with van der Waals surface area (Å²) >= 11 is 0.